The molecule has 0 spiro atoms. The van der Waals surface area contributed by atoms with Crippen LogP contribution in [-0.4, -0.2) is 75.7 Å². The topological polar surface area (TPSA) is 234 Å². The average Bonchev–Trinajstić information content (AvgIpc) is 2.88. The Bertz CT molecular complexity index is 1130. The Morgan fingerprint density at radius 2 is 1.24 bits per heavy atom. The van der Waals surface area contributed by atoms with E-state index in [0.717, 1.165) is 0 Å². The summed E-state index contributed by atoms with van der Waals surface area (Å²) < 4.78 is 0. The van der Waals surface area contributed by atoms with E-state index in [1.165, 1.54) is 24.3 Å². The first-order valence-corrected chi connectivity index (χ1v) is 11.6. The number of aliphatic carboxylic acids is 1. The van der Waals surface area contributed by atoms with E-state index in [9.17, 15) is 34.2 Å². The van der Waals surface area contributed by atoms with Gasteiger partial charge in [-0.1, -0.05) is 42.5 Å². The molecule has 0 saturated heterocycles. The largest absolute Gasteiger partial charge is 0.508 e. The van der Waals surface area contributed by atoms with Crippen LogP contribution in [0.4, 0.5) is 0 Å². The third kappa shape index (κ3) is 9.52. The summed E-state index contributed by atoms with van der Waals surface area (Å²) in [5.74, 6) is -5.01. The highest BCUT2D eigenvalue weighted by molar-refractivity contribution is 5.96. The van der Waals surface area contributed by atoms with Crippen LogP contribution < -0.4 is 27.4 Å². The minimum atomic E-state index is -1.55. The van der Waals surface area contributed by atoms with E-state index < -0.39 is 66.8 Å². The Morgan fingerprint density at radius 3 is 1.79 bits per heavy atom. The quantitative estimate of drug-likeness (QED) is 0.134. The molecule has 0 radical (unpaired) electrons. The molecule has 0 heterocycles. The number of primary amides is 1. The predicted molar refractivity (Wildman–Crippen MR) is 134 cm³/mol. The van der Waals surface area contributed by atoms with Gasteiger partial charge in [-0.15, -0.1) is 0 Å². The van der Waals surface area contributed by atoms with Crippen molar-refractivity contribution in [1.82, 2.24) is 16.0 Å². The Labute approximate surface area is 218 Å². The molecule has 204 valence electrons. The number of carbonyl (C=O) groups excluding carboxylic acids is 4. The van der Waals surface area contributed by atoms with Crippen LogP contribution >= 0.6 is 0 Å². The molecule has 10 N–H and O–H groups in total. The molecule has 0 saturated carbocycles. The number of amides is 4. The fourth-order valence-electron chi connectivity index (χ4n) is 3.44. The zero-order valence-corrected chi connectivity index (χ0v) is 20.4. The molecule has 0 aliphatic carbocycles. The number of rotatable bonds is 14. The summed E-state index contributed by atoms with van der Waals surface area (Å²) in [5.41, 5.74) is 11.9. The first-order valence-electron chi connectivity index (χ1n) is 11.6. The van der Waals surface area contributed by atoms with Gasteiger partial charge in [0.2, 0.25) is 23.6 Å². The van der Waals surface area contributed by atoms with Gasteiger partial charge < -0.3 is 42.7 Å². The highest BCUT2D eigenvalue weighted by atomic mass is 16.4. The molecule has 2 aromatic rings. The molecule has 0 fully saturated rings. The van der Waals surface area contributed by atoms with Gasteiger partial charge in [0.05, 0.1) is 13.0 Å². The predicted octanol–water partition coefficient (Wildman–Crippen LogP) is -2.09. The van der Waals surface area contributed by atoms with Crippen LogP contribution in [0.25, 0.3) is 0 Å². The van der Waals surface area contributed by atoms with Crippen molar-refractivity contribution in [2.45, 2.75) is 43.4 Å². The van der Waals surface area contributed by atoms with E-state index in [-0.39, 0.29) is 18.6 Å². The van der Waals surface area contributed by atoms with Gasteiger partial charge in [0.15, 0.2) is 0 Å². The zero-order valence-electron chi connectivity index (χ0n) is 20.4. The number of carboxylic acid groups (broad SMARTS) is 1. The number of carbonyl (C=O) groups is 5. The van der Waals surface area contributed by atoms with Crippen LogP contribution in [0, 0.1) is 0 Å². The van der Waals surface area contributed by atoms with Crippen LogP contribution in [0.15, 0.2) is 54.6 Å². The monoisotopic (exact) mass is 529 g/mol. The fourth-order valence-corrected chi connectivity index (χ4v) is 3.44. The summed E-state index contributed by atoms with van der Waals surface area (Å²) in [6.07, 6.45) is -0.810. The van der Waals surface area contributed by atoms with Crippen LogP contribution in [0.2, 0.25) is 0 Å². The van der Waals surface area contributed by atoms with E-state index in [4.69, 9.17) is 16.6 Å². The van der Waals surface area contributed by atoms with Crippen molar-refractivity contribution in [3.63, 3.8) is 0 Å². The second-order valence-electron chi connectivity index (χ2n) is 8.54. The standard InChI is InChI=1S/C25H31N5O8/c26-17(13-31)22(34)28-18(10-14-4-2-1-3-5-14)23(35)29-19(12-21(27)33)24(36)30-20(25(37)38)11-15-6-8-16(32)9-7-15/h1-9,17-20,31-32H,10-13,26H2,(H2,27,33)(H,28,34)(H,29,35)(H,30,36)(H,37,38). The lowest BCUT2D eigenvalue weighted by Gasteiger charge is -2.24. The van der Waals surface area contributed by atoms with Gasteiger partial charge in [-0.05, 0) is 23.3 Å². The second-order valence-corrected chi connectivity index (χ2v) is 8.54. The summed E-state index contributed by atoms with van der Waals surface area (Å²) in [7, 11) is 0. The molecule has 13 heteroatoms. The van der Waals surface area contributed by atoms with E-state index >= 15 is 0 Å². The number of aliphatic hydroxyl groups excluding tert-OH is 1. The van der Waals surface area contributed by atoms with Gasteiger partial charge in [-0.3, -0.25) is 19.2 Å². The van der Waals surface area contributed by atoms with E-state index in [1.54, 1.807) is 30.3 Å². The summed E-state index contributed by atoms with van der Waals surface area (Å²) in [6, 6.07) is 8.73. The molecule has 0 bridgehead atoms. The maximum Gasteiger partial charge on any atom is 0.326 e. The van der Waals surface area contributed by atoms with Crippen molar-refractivity contribution >= 4 is 29.6 Å². The van der Waals surface area contributed by atoms with E-state index in [0.29, 0.717) is 11.1 Å². The van der Waals surface area contributed by atoms with Crippen LogP contribution in [0.5, 0.6) is 5.75 Å². The molecule has 2 aromatic carbocycles. The van der Waals surface area contributed by atoms with Crippen LogP contribution in [0.3, 0.4) is 0 Å². The number of hydrogen-bond acceptors (Lipinski definition) is 8. The Hall–Kier alpha value is -4.49. The first kappa shape index (κ1) is 29.7. The third-order valence-corrected chi connectivity index (χ3v) is 5.48. The minimum absolute atomic E-state index is 0.0138. The van der Waals surface area contributed by atoms with Crippen molar-refractivity contribution in [2.24, 2.45) is 11.5 Å². The number of aromatic hydroxyl groups is 1. The number of carboxylic acids is 1. The lowest BCUT2D eigenvalue weighted by atomic mass is 10.0. The fraction of sp³-hybridized carbons (Fsp3) is 0.320. The van der Waals surface area contributed by atoms with Gasteiger partial charge >= 0.3 is 5.97 Å². The Balaban J connectivity index is 2.21. The Morgan fingerprint density at radius 1 is 0.737 bits per heavy atom. The molecule has 0 aromatic heterocycles. The van der Waals surface area contributed by atoms with Gasteiger partial charge in [0, 0.05) is 12.8 Å². The number of aliphatic hydroxyl groups is 1. The normalized spacial score (nSPS) is 13.8. The van der Waals surface area contributed by atoms with Gasteiger partial charge in [-0.25, -0.2) is 4.79 Å². The molecule has 13 nitrogen and oxygen atoms in total. The van der Waals surface area contributed by atoms with Crippen LogP contribution in [0.1, 0.15) is 17.5 Å². The highest BCUT2D eigenvalue weighted by Crippen LogP contribution is 2.12. The van der Waals surface area contributed by atoms with Crippen molar-refractivity contribution in [3.8, 4) is 5.75 Å². The van der Waals surface area contributed by atoms with Crippen molar-refractivity contribution in [2.75, 3.05) is 6.61 Å². The number of nitrogens with two attached hydrogens (primary N) is 2. The van der Waals surface area contributed by atoms with Crippen LogP contribution in [-0.2, 0) is 36.8 Å². The molecule has 0 aliphatic rings. The summed E-state index contributed by atoms with van der Waals surface area (Å²) >= 11 is 0. The summed E-state index contributed by atoms with van der Waals surface area (Å²) in [5, 5.41) is 35.2. The van der Waals surface area contributed by atoms with Gasteiger partial charge in [-0.2, -0.15) is 0 Å². The molecule has 4 atom stereocenters. The van der Waals surface area contributed by atoms with E-state index in [1.807, 2.05) is 0 Å². The number of phenolic OH excluding ortho intramolecular Hbond substituents is 1. The maximum absolute atomic E-state index is 13.1. The molecule has 4 unspecified atom stereocenters. The van der Waals surface area contributed by atoms with Gasteiger partial charge in [0.25, 0.3) is 0 Å². The molecule has 38 heavy (non-hydrogen) atoms. The van der Waals surface area contributed by atoms with E-state index in [2.05, 4.69) is 16.0 Å². The molecule has 0 aliphatic heterocycles. The SMILES string of the molecule is NC(=O)CC(NC(=O)C(Cc1ccccc1)NC(=O)C(N)CO)C(=O)NC(Cc1ccc(O)cc1)C(=O)O. The lowest BCUT2D eigenvalue weighted by Crippen LogP contribution is -2.58. The maximum atomic E-state index is 13.1. The van der Waals surface area contributed by atoms with Crippen molar-refractivity contribution in [3.05, 3.63) is 65.7 Å². The molecular formula is C25H31N5O8. The first-order chi connectivity index (χ1) is 18.0. The number of phenols is 1. The summed E-state index contributed by atoms with van der Waals surface area (Å²) in [4.78, 5) is 61.8. The smallest absolute Gasteiger partial charge is 0.326 e. The van der Waals surface area contributed by atoms with Crippen molar-refractivity contribution < 1.29 is 39.3 Å². The minimum Gasteiger partial charge on any atom is -0.508 e. The zero-order chi connectivity index (χ0) is 28.2. The number of benzene rings is 2. The average molecular weight is 530 g/mol. The highest BCUT2D eigenvalue weighted by Gasteiger charge is 2.31. The van der Waals surface area contributed by atoms with Gasteiger partial charge in [0.1, 0.15) is 29.9 Å². The van der Waals surface area contributed by atoms with Crippen molar-refractivity contribution in [1.29, 1.82) is 0 Å². The Kier molecular flexibility index (Phi) is 11.2. The summed E-state index contributed by atoms with van der Waals surface area (Å²) in [6.45, 7) is -0.671. The lowest BCUT2D eigenvalue weighted by molar-refractivity contribution is -0.142. The number of nitrogens with one attached hydrogen (secondary N) is 3. The second kappa shape index (κ2) is 14.3. The molecular weight excluding hydrogens is 498 g/mol. The number of hydrogen-bond donors (Lipinski definition) is 8. The molecule has 4 amide bonds. The molecule has 2 rings (SSSR count). The third-order valence-electron chi connectivity index (χ3n) is 5.48.